The number of carbonyl (C=O) groups excluding carboxylic acids is 2. The van der Waals surface area contributed by atoms with Crippen LogP contribution in [0.15, 0.2) is 30.3 Å². The molecule has 27 heavy (non-hydrogen) atoms. The van der Waals surface area contributed by atoms with E-state index in [1.807, 2.05) is 10.7 Å². The molecule has 2 aromatic rings. The van der Waals surface area contributed by atoms with Gasteiger partial charge < -0.3 is 15.5 Å². The maximum absolute atomic E-state index is 13.3. The summed E-state index contributed by atoms with van der Waals surface area (Å²) in [6.07, 6.45) is 3.18. The fraction of sp³-hybridized carbons (Fsp3) is 0.421. The Hall–Kier alpha value is -2.90. The first kappa shape index (κ1) is 17.5. The van der Waals surface area contributed by atoms with Crippen LogP contribution < -0.4 is 10.6 Å². The maximum atomic E-state index is 13.3. The molecule has 2 aliphatic rings. The highest BCUT2D eigenvalue weighted by atomic mass is 19.1. The predicted octanol–water partition coefficient (Wildman–Crippen LogP) is 2.28. The average molecular weight is 371 g/mol. The number of aryl methyl sites for hydroxylation is 1. The molecule has 3 amide bonds. The van der Waals surface area contributed by atoms with E-state index in [0.717, 1.165) is 24.2 Å². The Morgan fingerprint density at radius 2 is 2.07 bits per heavy atom. The van der Waals surface area contributed by atoms with Crippen LogP contribution in [0.4, 0.5) is 14.9 Å². The van der Waals surface area contributed by atoms with Gasteiger partial charge in [-0.15, -0.1) is 0 Å². The zero-order chi connectivity index (χ0) is 18.8. The molecule has 2 N–H and O–H groups in total. The molecule has 2 heterocycles. The van der Waals surface area contributed by atoms with Gasteiger partial charge in [0.1, 0.15) is 5.82 Å². The lowest BCUT2D eigenvalue weighted by Crippen LogP contribution is -2.40. The van der Waals surface area contributed by atoms with E-state index in [-0.39, 0.29) is 17.8 Å². The minimum Gasteiger partial charge on any atom is -0.353 e. The first-order chi connectivity index (χ1) is 13.1. The van der Waals surface area contributed by atoms with Crippen molar-refractivity contribution < 1.29 is 14.0 Å². The number of halogens is 1. The molecule has 0 saturated heterocycles. The van der Waals surface area contributed by atoms with Gasteiger partial charge in [0.25, 0.3) is 0 Å². The van der Waals surface area contributed by atoms with Crippen LogP contribution in [0.1, 0.15) is 30.7 Å². The Bertz CT molecular complexity index is 862. The number of urea groups is 1. The number of hydrogen-bond donors (Lipinski definition) is 2. The zero-order valence-corrected chi connectivity index (χ0v) is 14.9. The number of nitrogens with zero attached hydrogens (tertiary/aromatic N) is 3. The summed E-state index contributed by atoms with van der Waals surface area (Å²) in [4.78, 5) is 25.9. The summed E-state index contributed by atoms with van der Waals surface area (Å²) in [6, 6.07) is 7.89. The third-order valence-corrected chi connectivity index (χ3v) is 4.76. The quantitative estimate of drug-likeness (QED) is 0.846. The van der Waals surface area contributed by atoms with Gasteiger partial charge >= 0.3 is 6.03 Å². The van der Waals surface area contributed by atoms with Crippen LogP contribution in [0.2, 0.25) is 0 Å². The highest BCUT2D eigenvalue weighted by Crippen LogP contribution is 2.19. The Morgan fingerprint density at radius 1 is 1.22 bits per heavy atom. The molecule has 4 rings (SSSR count). The van der Waals surface area contributed by atoms with Crippen LogP contribution in [0, 0.1) is 5.82 Å². The van der Waals surface area contributed by atoms with Gasteiger partial charge in [0.2, 0.25) is 5.91 Å². The second-order valence-electron chi connectivity index (χ2n) is 7.05. The molecule has 1 aromatic heterocycles. The van der Waals surface area contributed by atoms with Crippen LogP contribution in [0.25, 0.3) is 0 Å². The van der Waals surface area contributed by atoms with Crippen molar-refractivity contribution >= 4 is 17.6 Å². The van der Waals surface area contributed by atoms with Gasteiger partial charge in [-0.25, -0.2) is 9.18 Å². The fourth-order valence-corrected chi connectivity index (χ4v) is 3.16. The molecule has 0 spiro atoms. The van der Waals surface area contributed by atoms with Crippen molar-refractivity contribution in [2.75, 3.05) is 11.9 Å². The number of aromatic nitrogens is 2. The van der Waals surface area contributed by atoms with E-state index in [1.54, 1.807) is 17.0 Å². The van der Waals surface area contributed by atoms with E-state index >= 15 is 0 Å². The van der Waals surface area contributed by atoms with Gasteiger partial charge in [0.05, 0.1) is 24.5 Å². The molecule has 7 nitrogen and oxygen atoms in total. The highest BCUT2D eigenvalue weighted by Gasteiger charge is 2.24. The number of fused-ring (bicyclic) bond motifs is 1. The molecular weight excluding hydrogens is 349 g/mol. The number of nitrogens with one attached hydrogen (secondary N) is 2. The second kappa shape index (κ2) is 7.38. The largest absolute Gasteiger partial charge is 0.353 e. The van der Waals surface area contributed by atoms with Crippen molar-refractivity contribution in [3.63, 3.8) is 0 Å². The number of anilines is 1. The van der Waals surface area contributed by atoms with E-state index in [0.29, 0.717) is 44.2 Å². The Morgan fingerprint density at radius 3 is 2.85 bits per heavy atom. The summed E-state index contributed by atoms with van der Waals surface area (Å²) < 4.78 is 15.1. The van der Waals surface area contributed by atoms with Gasteiger partial charge in [-0.05, 0) is 37.1 Å². The summed E-state index contributed by atoms with van der Waals surface area (Å²) in [5.41, 5.74) is 2.23. The molecule has 0 unspecified atom stereocenters. The summed E-state index contributed by atoms with van der Waals surface area (Å²) in [5.74, 6) is -0.320. The van der Waals surface area contributed by atoms with Crippen LogP contribution in [-0.2, 0) is 24.3 Å². The topological polar surface area (TPSA) is 79.3 Å². The molecule has 1 saturated carbocycles. The normalized spacial score (nSPS) is 16.0. The lowest BCUT2D eigenvalue weighted by molar-refractivity contribution is -0.121. The van der Waals surface area contributed by atoms with Crippen molar-refractivity contribution in [1.29, 1.82) is 0 Å². The van der Waals surface area contributed by atoms with E-state index in [1.165, 1.54) is 12.1 Å². The number of carbonyl (C=O) groups is 2. The Kier molecular flexibility index (Phi) is 4.79. The summed E-state index contributed by atoms with van der Waals surface area (Å²) in [5, 5.41) is 10.2. The minimum atomic E-state index is -0.389. The number of amides is 3. The van der Waals surface area contributed by atoms with E-state index in [2.05, 4.69) is 15.7 Å². The average Bonchev–Trinajstić information content (AvgIpc) is 3.35. The Labute approximate surface area is 156 Å². The third-order valence-electron chi connectivity index (χ3n) is 4.76. The fourth-order valence-electron chi connectivity index (χ4n) is 3.16. The van der Waals surface area contributed by atoms with Gasteiger partial charge in [-0.2, -0.15) is 5.10 Å². The van der Waals surface area contributed by atoms with E-state index < -0.39 is 0 Å². The third kappa shape index (κ3) is 4.45. The van der Waals surface area contributed by atoms with Crippen LogP contribution in [-0.4, -0.2) is 39.2 Å². The minimum absolute atomic E-state index is 0.0690. The molecule has 142 valence electrons. The summed E-state index contributed by atoms with van der Waals surface area (Å²) in [7, 11) is 0. The molecule has 0 bridgehead atoms. The van der Waals surface area contributed by atoms with Gasteiger partial charge in [-0.3, -0.25) is 9.48 Å². The molecule has 1 aliphatic heterocycles. The molecule has 1 aliphatic carbocycles. The van der Waals surface area contributed by atoms with Crippen molar-refractivity contribution in [3.8, 4) is 0 Å². The summed E-state index contributed by atoms with van der Waals surface area (Å²) >= 11 is 0. The van der Waals surface area contributed by atoms with Crippen molar-refractivity contribution in [1.82, 2.24) is 20.0 Å². The SMILES string of the molecule is O=C(CCc1cc2n(n1)CCN(C(=O)Nc1cccc(F)c1)C2)NC1CC1. The highest BCUT2D eigenvalue weighted by molar-refractivity contribution is 5.89. The lowest BCUT2D eigenvalue weighted by atomic mass is 10.2. The molecule has 8 heteroatoms. The first-order valence-corrected chi connectivity index (χ1v) is 9.23. The summed E-state index contributed by atoms with van der Waals surface area (Å²) in [6.45, 7) is 1.56. The number of hydrogen-bond acceptors (Lipinski definition) is 3. The van der Waals surface area contributed by atoms with E-state index in [4.69, 9.17) is 0 Å². The smallest absolute Gasteiger partial charge is 0.322 e. The molecule has 0 radical (unpaired) electrons. The number of rotatable bonds is 5. The molecular formula is C19H22FN5O2. The standard InChI is InChI=1S/C19H22FN5O2/c20-13-2-1-3-15(10-13)22-19(27)24-8-9-25-17(12-24)11-16(23-25)6-7-18(26)21-14-4-5-14/h1-3,10-11,14H,4-9,12H2,(H,21,26)(H,22,27). The lowest BCUT2D eigenvalue weighted by Gasteiger charge is -2.27. The molecule has 1 fully saturated rings. The van der Waals surface area contributed by atoms with Gasteiger partial charge in [0, 0.05) is 31.1 Å². The molecule has 1 aromatic carbocycles. The zero-order valence-electron chi connectivity index (χ0n) is 14.9. The second-order valence-corrected chi connectivity index (χ2v) is 7.05. The number of benzene rings is 1. The van der Waals surface area contributed by atoms with Crippen molar-refractivity contribution in [2.24, 2.45) is 0 Å². The van der Waals surface area contributed by atoms with E-state index in [9.17, 15) is 14.0 Å². The van der Waals surface area contributed by atoms with Gasteiger partial charge in [-0.1, -0.05) is 6.07 Å². The monoisotopic (exact) mass is 371 g/mol. The first-order valence-electron chi connectivity index (χ1n) is 9.23. The van der Waals surface area contributed by atoms with Gasteiger partial charge in [0.15, 0.2) is 0 Å². The van der Waals surface area contributed by atoms with Crippen molar-refractivity contribution in [3.05, 3.63) is 47.5 Å². The van der Waals surface area contributed by atoms with Crippen molar-refractivity contribution in [2.45, 2.75) is 44.8 Å². The Balaban J connectivity index is 1.33. The molecule has 0 atom stereocenters. The predicted molar refractivity (Wildman–Crippen MR) is 97.5 cm³/mol. The van der Waals surface area contributed by atoms with Crippen LogP contribution >= 0.6 is 0 Å². The van der Waals surface area contributed by atoms with Crippen LogP contribution in [0.5, 0.6) is 0 Å². The van der Waals surface area contributed by atoms with Crippen LogP contribution in [0.3, 0.4) is 0 Å². The maximum Gasteiger partial charge on any atom is 0.322 e.